The number of urea groups is 1. The van der Waals surface area contributed by atoms with Crippen LogP contribution in [0, 0.1) is 0 Å². The van der Waals surface area contributed by atoms with E-state index in [0.717, 1.165) is 11.3 Å². The summed E-state index contributed by atoms with van der Waals surface area (Å²) in [6.07, 6.45) is -0.172. The number of nitrogens with one attached hydrogen (secondary N) is 3. The van der Waals surface area contributed by atoms with Gasteiger partial charge in [0.2, 0.25) is 0 Å². The number of H-pyrrole nitrogens is 1. The highest BCUT2D eigenvalue weighted by Gasteiger charge is 2.09. The molecule has 0 fully saturated rings. The molecule has 2 aromatic rings. The first kappa shape index (κ1) is 14.8. The molecule has 0 unspecified atom stereocenters. The molecule has 8 heteroatoms. The Morgan fingerprint density at radius 3 is 2.71 bits per heavy atom. The van der Waals surface area contributed by atoms with E-state index < -0.39 is 12.0 Å². The molecule has 1 heterocycles. The van der Waals surface area contributed by atoms with E-state index in [-0.39, 0.29) is 17.8 Å². The molecule has 2 rings (SSSR count). The van der Waals surface area contributed by atoms with Gasteiger partial charge in [0.1, 0.15) is 0 Å². The maximum Gasteiger partial charge on any atom is 0.319 e. The van der Waals surface area contributed by atoms with Crippen molar-refractivity contribution in [2.45, 2.75) is 13.0 Å². The number of rotatable bonds is 5. The van der Waals surface area contributed by atoms with E-state index >= 15 is 0 Å². The van der Waals surface area contributed by atoms with Crippen LogP contribution in [0.15, 0.2) is 34.4 Å². The summed E-state index contributed by atoms with van der Waals surface area (Å²) in [7, 11) is 0. The van der Waals surface area contributed by atoms with Gasteiger partial charge in [-0.1, -0.05) is 29.5 Å². The fourth-order valence-electron chi connectivity index (χ4n) is 1.70. The Labute approximate surface area is 123 Å². The molecule has 7 nitrogen and oxygen atoms in total. The van der Waals surface area contributed by atoms with Crippen LogP contribution in [0.5, 0.6) is 0 Å². The Bertz CT molecular complexity index is 707. The fraction of sp³-hybridized carbons (Fsp3) is 0.154. The van der Waals surface area contributed by atoms with Gasteiger partial charge in [-0.2, -0.15) is 0 Å². The maximum absolute atomic E-state index is 11.8. The first-order valence-electron chi connectivity index (χ1n) is 6.06. The summed E-state index contributed by atoms with van der Waals surface area (Å²) in [6, 6.07) is 6.21. The third-order valence-corrected chi connectivity index (χ3v) is 3.34. The molecule has 0 aliphatic rings. The van der Waals surface area contributed by atoms with Crippen molar-refractivity contribution in [3.63, 3.8) is 0 Å². The molecule has 1 aromatic heterocycles. The molecule has 4 N–H and O–H groups in total. The van der Waals surface area contributed by atoms with E-state index in [1.165, 1.54) is 0 Å². The number of anilines is 1. The van der Waals surface area contributed by atoms with Crippen LogP contribution >= 0.6 is 11.3 Å². The molecule has 2 amide bonds. The number of carbonyl (C=O) groups excluding carboxylic acids is 1. The van der Waals surface area contributed by atoms with Gasteiger partial charge < -0.3 is 20.7 Å². The molecule has 110 valence electrons. The number of aromatic nitrogens is 1. The standard InChI is InChI=1S/C13H13N3O4S/c17-11(18)5-8-3-1-2-4-10(8)16-12(19)14-6-9-7-21-13(20)15-9/h1-4,7H,5-6H2,(H,15,20)(H,17,18)(H2,14,16,19). The van der Waals surface area contributed by atoms with Crippen LogP contribution in [0.2, 0.25) is 0 Å². The highest BCUT2D eigenvalue weighted by molar-refractivity contribution is 7.07. The first-order valence-corrected chi connectivity index (χ1v) is 6.94. The zero-order valence-corrected chi connectivity index (χ0v) is 11.7. The second kappa shape index (κ2) is 6.71. The lowest BCUT2D eigenvalue weighted by molar-refractivity contribution is -0.136. The van der Waals surface area contributed by atoms with Crippen LogP contribution in [-0.4, -0.2) is 22.1 Å². The predicted octanol–water partition coefficient (Wildman–Crippen LogP) is 1.39. The normalized spacial score (nSPS) is 10.1. The van der Waals surface area contributed by atoms with Crippen molar-refractivity contribution in [3.05, 3.63) is 50.6 Å². The average Bonchev–Trinajstić information content (AvgIpc) is 2.84. The number of carboxylic acids is 1. The lowest BCUT2D eigenvalue weighted by Gasteiger charge is -2.10. The predicted molar refractivity (Wildman–Crippen MR) is 78.6 cm³/mol. The SMILES string of the molecule is O=C(O)Cc1ccccc1NC(=O)NCc1csc(=O)[nH]1. The van der Waals surface area contributed by atoms with Crippen LogP contribution in [-0.2, 0) is 17.8 Å². The Morgan fingerprint density at radius 1 is 1.29 bits per heavy atom. The topological polar surface area (TPSA) is 111 Å². The third kappa shape index (κ3) is 4.46. The minimum absolute atomic E-state index is 0.172. The van der Waals surface area contributed by atoms with E-state index in [1.807, 2.05) is 0 Å². The zero-order valence-electron chi connectivity index (χ0n) is 10.9. The van der Waals surface area contributed by atoms with E-state index in [4.69, 9.17) is 5.11 Å². The smallest absolute Gasteiger partial charge is 0.319 e. The number of carboxylic acid groups (broad SMARTS) is 1. The number of hydrogen-bond donors (Lipinski definition) is 4. The van der Waals surface area contributed by atoms with Crippen molar-refractivity contribution < 1.29 is 14.7 Å². The molecule has 0 radical (unpaired) electrons. The van der Waals surface area contributed by atoms with Crippen LogP contribution in [0.4, 0.5) is 10.5 Å². The lowest BCUT2D eigenvalue weighted by Crippen LogP contribution is -2.29. The lowest BCUT2D eigenvalue weighted by atomic mass is 10.1. The Hall–Kier alpha value is -2.61. The molecule has 21 heavy (non-hydrogen) atoms. The monoisotopic (exact) mass is 307 g/mol. The number of para-hydroxylation sites is 1. The Morgan fingerprint density at radius 2 is 2.05 bits per heavy atom. The number of benzene rings is 1. The summed E-state index contributed by atoms with van der Waals surface area (Å²) >= 11 is 1.02. The summed E-state index contributed by atoms with van der Waals surface area (Å²) < 4.78 is 0. The molecule has 1 aromatic carbocycles. The van der Waals surface area contributed by atoms with Gasteiger partial charge in [0.15, 0.2) is 0 Å². The van der Waals surface area contributed by atoms with Gasteiger partial charge in [0.25, 0.3) is 0 Å². The number of aromatic amines is 1. The average molecular weight is 307 g/mol. The molecule has 0 spiro atoms. The minimum atomic E-state index is -0.972. The summed E-state index contributed by atoms with van der Waals surface area (Å²) in [5.41, 5.74) is 1.57. The minimum Gasteiger partial charge on any atom is -0.481 e. The second-order valence-corrected chi connectivity index (χ2v) is 5.05. The number of carbonyl (C=O) groups is 2. The van der Waals surface area contributed by atoms with Crippen molar-refractivity contribution in [2.24, 2.45) is 0 Å². The largest absolute Gasteiger partial charge is 0.481 e. The van der Waals surface area contributed by atoms with Crippen LogP contribution in [0.1, 0.15) is 11.3 Å². The molecule has 0 saturated carbocycles. The Balaban J connectivity index is 1.96. The highest BCUT2D eigenvalue weighted by Crippen LogP contribution is 2.15. The Kier molecular flexibility index (Phi) is 4.72. The number of aliphatic carboxylic acids is 1. The number of thiazole rings is 1. The van der Waals surface area contributed by atoms with Crippen LogP contribution < -0.4 is 15.5 Å². The fourth-order valence-corrected chi connectivity index (χ4v) is 2.28. The van der Waals surface area contributed by atoms with Gasteiger partial charge in [0.05, 0.1) is 13.0 Å². The van der Waals surface area contributed by atoms with Crippen molar-refractivity contribution in [1.29, 1.82) is 0 Å². The van der Waals surface area contributed by atoms with E-state index in [0.29, 0.717) is 16.9 Å². The van der Waals surface area contributed by atoms with Gasteiger partial charge in [-0.25, -0.2) is 4.79 Å². The first-order chi connectivity index (χ1) is 10.0. The quantitative estimate of drug-likeness (QED) is 0.668. The molecular formula is C13H13N3O4S. The second-order valence-electron chi connectivity index (χ2n) is 4.21. The molecule has 0 atom stereocenters. The third-order valence-electron chi connectivity index (χ3n) is 2.62. The van der Waals surface area contributed by atoms with Gasteiger partial charge in [-0.05, 0) is 11.6 Å². The number of amides is 2. The van der Waals surface area contributed by atoms with E-state index in [2.05, 4.69) is 15.6 Å². The summed E-state index contributed by atoms with van der Waals surface area (Å²) in [4.78, 5) is 35.9. The molecule has 0 bridgehead atoms. The van der Waals surface area contributed by atoms with Crippen molar-refractivity contribution in [1.82, 2.24) is 10.3 Å². The summed E-state index contributed by atoms with van der Waals surface area (Å²) in [6.45, 7) is 0.186. The van der Waals surface area contributed by atoms with Crippen LogP contribution in [0.25, 0.3) is 0 Å². The van der Waals surface area contributed by atoms with E-state index in [9.17, 15) is 14.4 Å². The summed E-state index contributed by atoms with van der Waals surface area (Å²) in [5.74, 6) is -0.972. The van der Waals surface area contributed by atoms with Gasteiger partial charge in [-0.15, -0.1) is 0 Å². The molecule has 0 aliphatic carbocycles. The molecular weight excluding hydrogens is 294 g/mol. The van der Waals surface area contributed by atoms with Gasteiger partial charge in [0, 0.05) is 16.8 Å². The highest BCUT2D eigenvalue weighted by atomic mass is 32.1. The van der Waals surface area contributed by atoms with Gasteiger partial charge in [-0.3, -0.25) is 9.59 Å². The van der Waals surface area contributed by atoms with E-state index in [1.54, 1.807) is 29.6 Å². The van der Waals surface area contributed by atoms with Crippen molar-refractivity contribution in [3.8, 4) is 0 Å². The molecule has 0 saturated heterocycles. The van der Waals surface area contributed by atoms with Gasteiger partial charge >= 0.3 is 16.9 Å². The summed E-state index contributed by atoms with van der Waals surface area (Å²) in [5, 5.41) is 15.6. The molecule has 0 aliphatic heterocycles. The number of hydrogen-bond acceptors (Lipinski definition) is 4. The van der Waals surface area contributed by atoms with Crippen molar-refractivity contribution >= 4 is 29.0 Å². The van der Waals surface area contributed by atoms with Crippen LogP contribution in [0.3, 0.4) is 0 Å². The zero-order chi connectivity index (χ0) is 15.2. The van der Waals surface area contributed by atoms with Crippen molar-refractivity contribution in [2.75, 3.05) is 5.32 Å². The maximum atomic E-state index is 11.8.